The van der Waals surface area contributed by atoms with Crippen LogP contribution in [-0.2, 0) is 14.4 Å². The molecule has 0 spiro atoms. The van der Waals surface area contributed by atoms with Gasteiger partial charge in [0.1, 0.15) is 6.04 Å². The zero-order valence-electron chi connectivity index (χ0n) is 8.48. The lowest BCUT2D eigenvalue weighted by Crippen LogP contribution is -2.42. The van der Waals surface area contributed by atoms with Crippen LogP contribution in [0.5, 0.6) is 0 Å². The van der Waals surface area contributed by atoms with Crippen LogP contribution in [0, 0.1) is 5.92 Å². The first-order valence-corrected chi connectivity index (χ1v) is 4.34. The average Bonchev–Trinajstić information content (AvgIpc) is 2.16. The molecule has 0 rings (SSSR count). The third-order valence-electron chi connectivity index (χ3n) is 1.79. The second-order valence-electron chi connectivity index (χ2n) is 3.21. The van der Waals surface area contributed by atoms with Gasteiger partial charge in [0, 0.05) is 12.3 Å². The topological polar surface area (TPSA) is 116 Å². The van der Waals surface area contributed by atoms with Gasteiger partial charge in [-0.1, -0.05) is 6.92 Å². The largest absolute Gasteiger partial charge is 0.480 e. The van der Waals surface area contributed by atoms with Crippen molar-refractivity contribution in [3.05, 3.63) is 0 Å². The quantitative estimate of drug-likeness (QED) is 0.353. The normalized spacial score (nSPS) is 13.8. The van der Waals surface area contributed by atoms with E-state index in [9.17, 15) is 14.4 Å². The summed E-state index contributed by atoms with van der Waals surface area (Å²) in [5, 5.41) is 18.9. The van der Waals surface area contributed by atoms with E-state index in [1.54, 1.807) is 0 Å². The number of amides is 2. The Kier molecular flexibility index (Phi) is 5.32. The first-order chi connectivity index (χ1) is 6.88. The minimum atomic E-state index is -1.15. The number of aliphatic carboxylic acids is 1. The van der Waals surface area contributed by atoms with Gasteiger partial charge in [0.25, 0.3) is 0 Å². The van der Waals surface area contributed by atoms with Crippen molar-refractivity contribution in [2.45, 2.75) is 26.3 Å². The van der Waals surface area contributed by atoms with Crippen LogP contribution in [0.15, 0.2) is 0 Å². The number of hydrogen-bond acceptors (Lipinski definition) is 4. The van der Waals surface area contributed by atoms with Crippen molar-refractivity contribution in [3.8, 4) is 0 Å². The molecule has 0 aromatic rings. The molecule has 0 aromatic carbocycles. The molecule has 7 heteroatoms. The molecule has 2 amide bonds. The summed E-state index contributed by atoms with van der Waals surface area (Å²) in [5.74, 6) is -3.09. The maximum absolute atomic E-state index is 11.3. The van der Waals surface area contributed by atoms with Crippen LogP contribution < -0.4 is 10.8 Å². The van der Waals surface area contributed by atoms with Crippen LogP contribution in [0.4, 0.5) is 0 Å². The Labute approximate surface area is 86.4 Å². The highest BCUT2D eigenvalue weighted by molar-refractivity contribution is 5.87. The van der Waals surface area contributed by atoms with Gasteiger partial charge >= 0.3 is 5.97 Å². The van der Waals surface area contributed by atoms with Crippen molar-refractivity contribution in [1.82, 2.24) is 10.8 Å². The van der Waals surface area contributed by atoms with Gasteiger partial charge < -0.3 is 10.4 Å². The Balaban J connectivity index is 4.10. The molecule has 0 aliphatic rings. The highest BCUT2D eigenvalue weighted by Crippen LogP contribution is 2.02. The van der Waals surface area contributed by atoms with Gasteiger partial charge in [0.2, 0.25) is 11.8 Å². The molecule has 0 aromatic heterocycles. The fourth-order valence-corrected chi connectivity index (χ4v) is 0.834. The van der Waals surface area contributed by atoms with E-state index in [0.717, 1.165) is 0 Å². The van der Waals surface area contributed by atoms with Crippen LogP contribution in [0.2, 0.25) is 0 Å². The monoisotopic (exact) mass is 218 g/mol. The summed E-state index contributed by atoms with van der Waals surface area (Å²) in [4.78, 5) is 32.4. The van der Waals surface area contributed by atoms with Gasteiger partial charge in [-0.2, -0.15) is 0 Å². The van der Waals surface area contributed by atoms with E-state index in [2.05, 4.69) is 5.32 Å². The Morgan fingerprint density at radius 1 is 1.27 bits per heavy atom. The molecule has 0 aliphatic carbocycles. The number of carboxylic acids is 1. The van der Waals surface area contributed by atoms with Crippen LogP contribution in [0.3, 0.4) is 0 Å². The first kappa shape index (κ1) is 13.4. The summed E-state index contributed by atoms with van der Waals surface area (Å²) in [6.07, 6.45) is -0.200. The van der Waals surface area contributed by atoms with E-state index >= 15 is 0 Å². The maximum atomic E-state index is 11.3. The number of hydrogen-bond donors (Lipinski definition) is 4. The maximum Gasteiger partial charge on any atom is 0.325 e. The van der Waals surface area contributed by atoms with Crippen LogP contribution in [0.25, 0.3) is 0 Å². The highest BCUT2D eigenvalue weighted by atomic mass is 16.5. The van der Waals surface area contributed by atoms with E-state index in [0.29, 0.717) is 0 Å². The molecule has 0 saturated carbocycles. The molecule has 0 aliphatic heterocycles. The standard InChI is InChI=1S/C8H14N2O5/c1-4(3-6(11)10-15)7(12)9-5(2)8(13)14/h4-5,15H,3H2,1-2H3,(H,9,12)(H,10,11)(H,13,14)/t4?,5-/m0/s1. The zero-order valence-corrected chi connectivity index (χ0v) is 8.48. The van der Waals surface area contributed by atoms with Crippen LogP contribution in [-0.4, -0.2) is 34.1 Å². The summed E-state index contributed by atoms with van der Waals surface area (Å²) in [5.41, 5.74) is 1.39. The van der Waals surface area contributed by atoms with Crippen LogP contribution in [0.1, 0.15) is 20.3 Å². The first-order valence-electron chi connectivity index (χ1n) is 4.34. The highest BCUT2D eigenvalue weighted by Gasteiger charge is 2.20. The van der Waals surface area contributed by atoms with E-state index in [1.165, 1.54) is 19.3 Å². The lowest BCUT2D eigenvalue weighted by Gasteiger charge is -2.13. The summed E-state index contributed by atoms with van der Waals surface area (Å²) in [7, 11) is 0. The third-order valence-corrected chi connectivity index (χ3v) is 1.79. The number of rotatable bonds is 5. The van der Waals surface area contributed by atoms with Gasteiger partial charge in [-0.25, -0.2) is 5.48 Å². The molecular formula is C8H14N2O5. The average molecular weight is 218 g/mol. The number of carboxylic acid groups (broad SMARTS) is 1. The summed E-state index contributed by atoms with van der Waals surface area (Å²) in [6.45, 7) is 2.78. The fraction of sp³-hybridized carbons (Fsp3) is 0.625. The van der Waals surface area contributed by atoms with Gasteiger partial charge in [0.15, 0.2) is 0 Å². The molecule has 7 nitrogen and oxygen atoms in total. The predicted octanol–water partition coefficient (Wildman–Crippen LogP) is -0.893. The second-order valence-corrected chi connectivity index (χ2v) is 3.21. The molecule has 0 heterocycles. The molecule has 0 bridgehead atoms. The Morgan fingerprint density at radius 2 is 1.80 bits per heavy atom. The lowest BCUT2D eigenvalue weighted by atomic mass is 10.1. The van der Waals surface area contributed by atoms with E-state index in [1.807, 2.05) is 0 Å². The Morgan fingerprint density at radius 3 is 2.20 bits per heavy atom. The van der Waals surface area contributed by atoms with Crippen LogP contribution >= 0.6 is 0 Å². The van der Waals surface area contributed by atoms with Crippen molar-refractivity contribution in [1.29, 1.82) is 0 Å². The Hall–Kier alpha value is -1.63. The van der Waals surface area contributed by atoms with Gasteiger partial charge in [-0.15, -0.1) is 0 Å². The lowest BCUT2D eigenvalue weighted by molar-refractivity contribution is -0.142. The predicted molar refractivity (Wildman–Crippen MR) is 49.0 cm³/mol. The fourth-order valence-electron chi connectivity index (χ4n) is 0.834. The molecule has 0 fully saturated rings. The molecule has 1 unspecified atom stereocenters. The van der Waals surface area contributed by atoms with Crippen molar-refractivity contribution in [2.75, 3.05) is 0 Å². The van der Waals surface area contributed by atoms with Gasteiger partial charge in [-0.3, -0.25) is 19.6 Å². The molecule has 0 saturated heterocycles. The molecule has 86 valence electrons. The number of carbonyl (C=O) groups excluding carboxylic acids is 2. The van der Waals surface area contributed by atoms with E-state index in [-0.39, 0.29) is 6.42 Å². The Bertz CT molecular complexity index is 266. The SMILES string of the molecule is CC(CC(=O)NO)C(=O)N[C@@H](C)C(=O)O. The van der Waals surface area contributed by atoms with Gasteiger partial charge in [0.05, 0.1) is 0 Å². The molecule has 2 atom stereocenters. The number of nitrogens with one attached hydrogen (secondary N) is 2. The minimum absolute atomic E-state index is 0.200. The molecular weight excluding hydrogens is 204 g/mol. The summed E-state index contributed by atoms with van der Waals surface area (Å²) < 4.78 is 0. The van der Waals surface area contributed by atoms with Gasteiger partial charge in [-0.05, 0) is 6.92 Å². The van der Waals surface area contributed by atoms with E-state index < -0.39 is 29.7 Å². The minimum Gasteiger partial charge on any atom is -0.480 e. The van der Waals surface area contributed by atoms with Crippen molar-refractivity contribution in [3.63, 3.8) is 0 Å². The van der Waals surface area contributed by atoms with Crippen molar-refractivity contribution < 1.29 is 24.7 Å². The summed E-state index contributed by atoms with van der Waals surface area (Å²) in [6, 6.07) is -1.00. The third kappa shape index (κ3) is 4.96. The van der Waals surface area contributed by atoms with E-state index in [4.69, 9.17) is 10.3 Å². The smallest absolute Gasteiger partial charge is 0.325 e. The molecule has 4 N–H and O–H groups in total. The molecule has 15 heavy (non-hydrogen) atoms. The second kappa shape index (κ2) is 5.97. The summed E-state index contributed by atoms with van der Waals surface area (Å²) >= 11 is 0. The molecule has 0 radical (unpaired) electrons. The number of carbonyl (C=O) groups is 3. The van der Waals surface area contributed by atoms with Crippen molar-refractivity contribution >= 4 is 17.8 Å². The van der Waals surface area contributed by atoms with Crippen molar-refractivity contribution in [2.24, 2.45) is 5.92 Å². The zero-order chi connectivity index (χ0) is 12.0. The number of hydroxylamine groups is 1.